The van der Waals surface area contributed by atoms with Crippen molar-refractivity contribution in [3.05, 3.63) is 23.8 Å². The summed E-state index contributed by atoms with van der Waals surface area (Å²) >= 11 is 0. The maximum Gasteiger partial charge on any atom is 0.223 e. The molecule has 0 spiro atoms. The van der Waals surface area contributed by atoms with Crippen LogP contribution in [0.1, 0.15) is 31.7 Å². The Bertz CT molecular complexity index is 750. The molecule has 0 N–H and O–H groups in total. The van der Waals surface area contributed by atoms with Crippen molar-refractivity contribution in [1.29, 1.82) is 0 Å². The quantitative estimate of drug-likeness (QED) is 0.670. The molecule has 1 heterocycles. The van der Waals surface area contributed by atoms with Crippen LogP contribution < -0.4 is 9.47 Å². The number of ether oxygens (including phenoxy) is 2. The predicted molar refractivity (Wildman–Crippen MR) is 104 cm³/mol. The normalized spacial score (nSPS) is 17.8. The first kappa shape index (κ1) is 21.5. The number of amides is 1. The average Bonchev–Trinajstić information content (AvgIpc) is 2.63. The second-order valence-corrected chi connectivity index (χ2v) is 9.11. The van der Waals surface area contributed by atoms with Crippen LogP contribution in [0, 0.1) is 5.92 Å². The molecule has 1 aromatic rings. The van der Waals surface area contributed by atoms with E-state index in [4.69, 9.17) is 9.47 Å². The standard InChI is InChI=1S/C19H30N2O5S/c1-15-6-5-10-20(13-15)19(22)9-11-21(27(4,23)24)14-16-7-8-17(25-2)18(12-16)26-3/h7-8,12,15H,5-6,9-11,13-14H2,1-4H3. The molecular formula is C19H30N2O5S. The van der Waals surface area contributed by atoms with E-state index >= 15 is 0 Å². The van der Waals surface area contributed by atoms with Gasteiger partial charge in [-0.1, -0.05) is 13.0 Å². The Morgan fingerprint density at radius 1 is 1.26 bits per heavy atom. The molecule has 1 unspecified atom stereocenters. The fraction of sp³-hybridized carbons (Fsp3) is 0.632. The lowest BCUT2D eigenvalue weighted by atomic mass is 10.00. The van der Waals surface area contributed by atoms with Crippen LogP contribution >= 0.6 is 0 Å². The molecule has 0 bridgehead atoms. The maximum atomic E-state index is 12.5. The Balaban J connectivity index is 2.04. The van der Waals surface area contributed by atoms with E-state index in [1.54, 1.807) is 25.3 Å². The number of rotatable bonds is 8. The van der Waals surface area contributed by atoms with E-state index in [1.807, 2.05) is 4.90 Å². The van der Waals surface area contributed by atoms with Gasteiger partial charge >= 0.3 is 0 Å². The molecule has 0 aromatic heterocycles. The molecule has 7 nitrogen and oxygen atoms in total. The van der Waals surface area contributed by atoms with Crippen molar-refractivity contribution in [2.45, 2.75) is 32.7 Å². The smallest absolute Gasteiger partial charge is 0.223 e. The summed E-state index contributed by atoms with van der Waals surface area (Å²) in [5, 5.41) is 0. The highest BCUT2D eigenvalue weighted by molar-refractivity contribution is 7.88. The summed E-state index contributed by atoms with van der Waals surface area (Å²) in [5.41, 5.74) is 0.775. The van der Waals surface area contributed by atoms with Crippen molar-refractivity contribution in [3.63, 3.8) is 0 Å². The number of hydrogen-bond acceptors (Lipinski definition) is 5. The van der Waals surface area contributed by atoms with Gasteiger partial charge in [0.05, 0.1) is 20.5 Å². The third-order valence-corrected chi connectivity index (χ3v) is 6.11. The monoisotopic (exact) mass is 398 g/mol. The Kier molecular flexibility index (Phi) is 7.49. The third kappa shape index (κ3) is 6.10. The Hall–Kier alpha value is -1.80. The third-order valence-electron chi connectivity index (χ3n) is 4.86. The number of likely N-dealkylation sites (tertiary alicyclic amines) is 1. The van der Waals surface area contributed by atoms with Gasteiger partial charge in [-0.05, 0) is 36.5 Å². The molecule has 1 saturated heterocycles. The first-order valence-electron chi connectivity index (χ1n) is 9.18. The molecule has 0 aliphatic carbocycles. The molecule has 152 valence electrons. The van der Waals surface area contributed by atoms with Crippen molar-refractivity contribution in [2.24, 2.45) is 5.92 Å². The summed E-state index contributed by atoms with van der Waals surface area (Å²) in [6.45, 7) is 4.00. The van der Waals surface area contributed by atoms with Crippen molar-refractivity contribution in [1.82, 2.24) is 9.21 Å². The second kappa shape index (κ2) is 9.41. The van der Waals surface area contributed by atoms with Gasteiger partial charge in [-0.15, -0.1) is 0 Å². The molecule has 1 aliphatic rings. The van der Waals surface area contributed by atoms with Gasteiger partial charge in [0.15, 0.2) is 11.5 Å². The van der Waals surface area contributed by atoms with Crippen molar-refractivity contribution < 1.29 is 22.7 Å². The zero-order chi connectivity index (χ0) is 20.0. The van der Waals surface area contributed by atoms with Gasteiger partial charge < -0.3 is 14.4 Å². The van der Waals surface area contributed by atoms with E-state index in [-0.39, 0.29) is 25.4 Å². The highest BCUT2D eigenvalue weighted by Gasteiger charge is 2.24. The fourth-order valence-corrected chi connectivity index (χ4v) is 4.15. The van der Waals surface area contributed by atoms with Gasteiger partial charge in [-0.3, -0.25) is 4.79 Å². The van der Waals surface area contributed by atoms with Gasteiger partial charge in [0.25, 0.3) is 0 Å². The minimum atomic E-state index is -3.45. The number of hydrogen-bond donors (Lipinski definition) is 0. The number of sulfonamides is 1. The van der Waals surface area contributed by atoms with E-state index in [2.05, 4.69) is 6.92 Å². The lowest BCUT2D eigenvalue weighted by molar-refractivity contribution is -0.133. The maximum absolute atomic E-state index is 12.5. The number of benzene rings is 1. The topological polar surface area (TPSA) is 76.2 Å². The molecule has 27 heavy (non-hydrogen) atoms. The summed E-state index contributed by atoms with van der Waals surface area (Å²) in [6.07, 6.45) is 3.50. The molecule has 1 amide bonds. The van der Waals surface area contributed by atoms with Crippen LogP contribution in [-0.2, 0) is 21.4 Å². The van der Waals surface area contributed by atoms with Crippen LogP contribution in [0.3, 0.4) is 0 Å². The van der Waals surface area contributed by atoms with Gasteiger partial charge in [-0.2, -0.15) is 4.31 Å². The van der Waals surface area contributed by atoms with E-state index in [1.165, 1.54) is 17.7 Å². The zero-order valence-corrected chi connectivity index (χ0v) is 17.4. The Morgan fingerprint density at radius 3 is 2.56 bits per heavy atom. The summed E-state index contributed by atoms with van der Waals surface area (Å²) in [7, 11) is -0.360. The highest BCUT2D eigenvalue weighted by Crippen LogP contribution is 2.28. The molecule has 0 radical (unpaired) electrons. The minimum Gasteiger partial charge on any atom is -0.493 e. The first-order chi connectivity index (χ1) is 12.7. The van der Waals surface area contributed by atoms with E-state index < -0.39 is 10.0 Å². The van der Waals surface area contributed by atoms with Gasteiger partial charge in [0.1, 0.15) is 0 Å². The zero-order valence-electron chi connectivity index (χ0n) is 16.6. The molecule has 1 aliphatic heterocycles. The number of nitrogens with zero attached hydrogens (tertiary/aromatic N) is 2. The summed E-state index contributed by atoms with van der Waals surface area (Å²) < 4.78 is 36.2. The lowest BCUT2D eigenvalue weighted by Gasteiger charge is -2.31. The van der Waals surface area contributed by atoms with Crippen LogP contribution in [0.5, 0.6) is 11.5 Å². The van der Waals surface area contributed by atoms with Crippen LogP contribution in [0.25, 0.3) is 0 Å². The van der Waals surface area contributed by atoms with Crippen LogP contribution in [0.4, 0.5) is 0 Å². The van der Waals surface area contributed by atoms with Gasteiger partial charge in [0, 0.05) is 32.6 Å². The summed E-state index contributed by atoms with van der Waals surface area (Å²) in [4.78, 5) is 14.3. The van der Waals surface area contributed by atoms with Crippen LogP contribution in [0.15, 0.2) is 18.2 Å². The van der Waals surface area contributed by atoms with E-state index in [0.717, 1.165) is 31.5 Å². The fourth-order valence-electron chi connectivity index (χ4n) is 3.34. The van der Waals surface area contributed by atoms with Crippen molar-refractivity contribution in [2.75, 3.05) is 40.1 Å². The molecule has 0 saturated carbocycles. The second-order valence-electron chi connectivity index (χ2n) is 7.12. The average molecular weight is 399 g/mol. The summed E-state index contributed by atoms with van der Waals surface area (Å²) in [5.74, 6) is 1.64. The summed E-state index contributed by atoms with van der Waals surface area (Å²) in [6, 6.07) is 5.30. The van der Waals surface area contributed by atoms with Gasteiger partial charge in [0.2, 0.25) is 15.9 Å². The molecule has 1 atom stereocenters. The molecule has 8 heteroatoms. The van der Waals surface area contributed by atoms with Crippen molar-refractivity contribution >= 4 is 15.9 Å². The number of piperidine rings is 1. The minimum absolute atomic E-state index is 0.0162. The Labute approximate surface area is 162 Å². The SMILES string of the molecule is COc1ccc(CN(CCC(=O)N2CCCC(C)C2)S(C)(=O)=O)cc1OC. The highest BCUT2D eigenvalue weighted by atomic mass is 32.2. The number of methoxy groups -OCH3 is 2. The number of carbonyl (C=O) groups excluding carboxylic acids is 1. The first-order valence-corrected chi connectivity index (χ1v) is 11.0. The van der Waals surface area contributed by atoms with Crippen molar-refractivity contribution in [3.8, 4) is 11.5 Å². The number of carbonyl (C=O) groups is 1. The van der Waals surface area contributed by atoms with E-state index in [9.17, 15) is 13.2 Å². The lowest BCUT2D eigenvalue weighted by Crippen LogP contribution is -2.41. The van der Waals surface area contributed by atoms with Crippen LogP contribution in [-0.4, -0.2) is 63.6 Å². The molecule has 1 fully saturated rings. The molecule has 2 rings (SSSR count). The molecule has 1 aromatic carbocycles. The largest absolute Gasteiger partial charge is 0.493 e. The van der Waals surface area contributed by atoms with Gasteiger partial charge in [-0.25, -0.2) is 8.42 Å². The molecular weight excluding hydrogens is 368 g/mol. The predicted octanol–water partition coefficient (Wildman–Crippen LogP) is 2.11. The van der Waals surface area contributed by atoms with Crippen LogP contribution in [0.2, 0.25) is 0 Å². The van der Waals surface area contributed by atoms with E-state index in [0.29, 0.717) is 17.4 Å². The Morgan fingerprint density at radius 2 is 1.96 bits per heavy atom.